The van der Waals surface area contributed by atoms with Crippen LogP contribution in [0.3, 0.4) is 0 Å². The average molecular weight is 366 g/mol. The molecule has 0 aromatic carbocycles. The fraction of sp³-hybridized carbons (Fsp3) is 0.857. The lowest BCUT2D eigenvalue weighted by Gasteiger charge is -2.53. The van der Waals surface area contributed by atoms with E-state index in [1.165, 1.54) is 0 Å². The summed E-state index contributed by atoms with van der Waals surface area (Å²) in [6, 6.07) is 0. The Morgan fingerprint density at radius 3 is 2.69 bits per heavy atom. The van der Waals surface area contributed by atoms with Crippen molar-refractivity contribution in [3.8, 4) is 0 Å². The van der Waals surface area contributed by atoms with E-state index in [1.807, 2.05) is 6.08 Å². The van der Waals surface area contributed by atoms with Crippen LogP contribution in [-0.2, 0) is 4.79 Å². The lowest BCUT2D eigenvalue weighted by Crippen LogP contribution is -2.47. The van der Waals surface area contributed by atoms with Gasteiger partial charge in [-0.1, -0.05) is 18.6 Å². The molecule has 2 N–H and O–H groups in total. The number of hydrogen-bond donors (Lipinski definition) is 2. The zero-order chi connectivity index (χ0) is 18.5. The molecule has 5 heteroatoms. The maximum atomic E-state index is 14.2. The predicted molar refractivity (Wildman–Crippen MR) is 91.4 cm³/mol. The van der Waals surface area contributed by atoms with Crippen molar-refractivity contribution in [1.82, 2.24) is 0 Å². The molecule has 0 heterocycles. The van der Waals surface area contributed by atoms with Crippen molar-refractivity contribution in [2.45, 2.75) is 63.4 Å². The van der Waals surface area contributed by atoms with Crippen LogP contribution in [0.25, 0.3) is 0 Å². The monoisotopic (exact) mass is 366 g/mol. The van der Waals surface area contributed by atoms with Gasteiger partial charge in [0.25, 0.3) is 5.92 Å². The van der Waals surface area contributed by atoms with Gasteiger partial charge in [0.2, 0.25) is 0 Å². The van der Waals surface area contributed by atoms with Gasteiger partial charge in [0.15, 0.2) is 5.78 Å². The highest BCUT2D eigenvalue weighted by atomic mass is 19.3. The largest absolute Gasteiger partial charge is 0.389 e. The molecular formula is C21H28F2O3. The summed E-state index contributed by atoms with van der Waals surface area (Å²) in [6.45, 7) is 1.84. The second-order valence-corrected chi connectivity index (χ2v) is 9.80. The number of fused-ring (bicyclic) bond motifs is 7. The molecule has 5 aliphatic carbocycles. The molecule has 1 unspecified atom stereocenters. The molecule has 0 radical (unpaired) electrons. The number of halogens is 2. The zero-order valence-electron chi connectivity index (χ0n) is 15.3. The Bertz CT molecular complexity index is 689. The summed E-state index contributed by atoms with van der Waals surface area (Å²) >= 11 is 0. The van der Waals surface area contributed by atoms with Crippen LogP contribution >= 0.6 is 0 Å². The third kappa shape index (κ3) is 1.87. The van der Waals surface area contributed by atoms with Crippen LogP contribution in [0.2, 0.25) is 0 Å². The van der Waals surface area contributed by atoms with Gasteiger partial charge in [-0.15, -0.1) is 0 Å². The quantitative estimate of drug-likeness (QED) is 0.737. The molecule has 0 spiro atoms. The molecule has 0 aromatic heterocycles. The Hall–Kier alpha value is -0.810. The van der Waals surface area contributed by atoms with E-state index in [4.69, 9.17) is 0 Å². The van der Waals surface area contributed by atoms with Crippen molar-refractivity contribution >= 4 is 5.78 Å². The van der Waals surface area contributed by atoms with Gasteiger partial charge in [-0.25, -0.2) is 8.78 Å². The molecule has 0 aromatic rings. The molecule has 5 aliphatic rings. The lowest BCUT2D eigenvalue weighted by molar-refractivity contribution is -0.131. The molecule has 4 saturated carbocycles. The topological polar surface area (TPSA) is 57.5 Å². The van der Waals surface area contributed by atoms with Gasteiger partial charge in [0.05, 0.1) is 5.92 Å². The van der Waals surface area contributed by atoms with Gasteiger partial charge in [-0.3, -0.25) is 4.79 Å². The molecule has 3 nitrogen and oxygen atoms in total. The predicted octanol–water partition coefficient (Wildman–Crippen LogP) is 3.34. The first-order valence-corrected chi connectivity index (χ1v) is 10.2. The minimum atomic E-state index is -2.95. The summed E-state index contributed by atoms with van der Waals surface area (Å²) in [5, 5.41) is 19.6. The first-order chi connectivity index (χ1) is 12.3. The summed E-state index contributed by atoms with van der Waals surface area (Å²) < 4.78 is 28.4. The average Bonchev–Trinajstić information content (AvgIpc) is 2.89. The number of rotatable bonds is 2. The fourth-order valence-corrected chi connectivity index (χ4v) is 7.79. The van der Waals surface area contributed by atoms with E-state index in [1.54, 1.807) is 0 Å². The molecule has 8 atom stereocenters. The first-order valence-electron chi connectivity index (χ1n) is 10.2. The minimum absolute atomic E-state index is 0.0270. The van der Waals surface area contributed by atoms with E-state index >= 15 is 0 Å². The van der Waals surface area contributed by atoms with Crippen molar-refractivity contribution < 1.29 is 23.8 Å². The highest BCUT2D eigenvalue weighted by Gasteiger charge is 2.83. The summed E-state index contributed by atoms with van der Waals surface area (Å²) in [7, 11) is 0. The molecular weight excluding hydrogens is 338 g/mol. The van der Waals surface area contributed by atoms with Crippen LogP contribution in [0.1, 0.15) is 51.9 Å². The number of aliphatic hydroxyl groups is 2. The second-order valence-electron chi connectivity index (χ2n) is 9.80. The van der Waals surface area contributed by atoms with Crippen molar-refractivity contribution in [2.24, 2.45) is 40.9 Å². The van der Waals surface area contributed by atoms with E-state index in [9.17, 15) is 23.8 Å². The van der Waals surface area contributed by atoms with Crippen molar-refractivity contribution in [3.63, 3.8) is 0 Å². The van der Waals surface area contributed by atoms with Crippen LogP contribution in [0.5, 0.6) is 0 Å². The molecule has 0 amide bonds. The number of carbonyl (C=O) groups excluding carboxylic acids is 1. The van der Waals surface area contributed by atoms with Gasteiger partial charge in [0, 0.05) is 5.92 Å². The standard InChI is InChI=1S/C21H28F2O3/c1-19-8-6-11-12-7-9-20(26)18(21(20,22)23)14(12)3-2-13(11)15(19)4-5-16(19)17(25)10-24/h3,11-13,15-16,18,24,26H,2,4-10H2,1H3/t11-,12-,13-,15+,16-,18?,19+,20-/m1/s1. The number of hydrogen-bond acceptors (Lipinski definition) is 3. The van der Waals surface area contributed by atoms with Crippen LogP contribution < -0.4 is 0 Å². The van der Waals surface area contributed by atoms with E-state index in [2.05, 4.69) is 6.92 Å². The molecule has 144 valence electrons. The van der Waals surface area contributed by atoms with E-state index in [0.717, 1.165) is 37.7 Å². The normalized spacial score (nSPS) is 53.7. The third-order valence-corrected chi connectivity index (χ3v) is 9.11. The minimum Gasteiger partial charge on any atom is -0.389 e. The number of ketones is 1. The van der Waals surface area contributed by atoms with Crippen LogP contribution in [-0.4, -0.2) is 34.1 Å². The first kappa shape index (κ1) is 17.3. The Labute approximate surface area is 152 Å². The van der Waals surface area contributed by atoms with Gasteiger partial charge in [-0.2, -0.15) is 0 Å². The maximum Gasteiger partial charge on any atom is 0.286 e. The van der Waals surface area contributed by atoms with Gasteiger partial charge < -0.3 is 10.2 Å². The number of carbonyl (C=O) groups is 1. The van der Waals surface area contributed by atoms with Crippen LogP contribution in [0.15, 0.2) is 11.6 Å². The van der Waals surface area contributed by atoms with Gasteiger partial charge in [0.1, 0.15) is 12.2 Å². The molecule has 5 rings (SSSR count). The molecule has 0 saturated heterocycles. The van der Waals surface area contributed by atoms with Crippen LogP contribution in [0, 0.1) is 40.9 Å². The SMILES string of the molecule is C[C@]12CC[C@H]3[C@@H](CC=C4C5C(F)(F)[C@@]5(O)CC[C@@H]43)[C@@H]1CC[C@@H]2C(=O)CO. The van der Waals surface area contributed by atoms with Crippen molar-refractivity contribution in [2.75, 3.05) is 6.61 Å². The second kappa shape index (κ2) is 5.16. The summed E-state index contributed by atoms with van der Waals surface area (Å²) in [5.74, 6) is -2.47. The third-order valence-electron chi connectivity index (χ3n) is 9.11. The number of allylic oxidation sites excluding steroid dienone is 1. The molecule has 0 aliphatic heterocycles. The molecule has 4 fully saturated rings. The zero-order valence-corrected chi connectivity index (χ0v) is 15.3. The summed E-state index contributed by atoms with van der Waals surface area (Å²) in [6.07, 6.45) is 7.49. The lowest BCUT2D eigenvalue weighted by atomic mass is 9.51. The smallest absolute Gasteiger partial charge is 0.286 e. The molecule has 26 heavy (non-hydrogen) atoms. The Balaban J connectivity index is 1.44. The Morgan fingerprint density at radius 1 is 1.19 bits per heavy atom. The summed E-state index contributed by atoms with van der Waals surface area (Å²) in [5.41, 5.74) is -1.00. The van der Waals surface area contributed by atoms with E-state index in [-0.39, 0.29) is 36.1 Å². The Kier molecular flexibility index (Phi) is 3.44. The van der Waals surface area contributed by atoms with Gasteiger partial charge in [-0.05, 0) is 74.0 Å². The van der Waals surface area contributed by atoms with Crippen molar-refractivity contribution in [1.29, 1.82) is 0 Å². The van der Waals surface area contributed by atoms with E-state index < -0.39 is 17.4 Å². The summed E-state index contributed by atoms with van der Waals surface area (Å²) in [4.78, 5) is 12.2. The molecule has 0 bridgehead atoms. The van der Waals surface area contributed by atoms with Crippen LogP contribution in [0.4, 0.5) is 8.78 Å². The number of aliphatic hydroxyl groups excluding tert-OH is 1. The highest BCUT2D eigenvalue weighted by Crippen LogP contribution is 2.72. The Morgan fingerprint density at radius 2 is 1.96 bits per heavy atom. The number of Topliss-reactive ketones (excluding diaryl/α,β-unsaturated/α-hetero) is 1. The fourth-order valence-electron chi connectivity index (χ4n) is 7.79. The highest BCUT2D eigenvalue weighted by molar-refractivity contribution is 5.83. The number of alkyl halides is 2. The van der Waals surface area contributed by atoms with Gasteiger partial charge >= 0.3 is 0 Å². The van der Waals surface area contributed by atoms with Crippen molar-refractivity contribution in [3.05, 3.63) is 11.6 Å². The maximum absolute atomic E-state index is 14.2. The van der Waals surface area contributed by atoms with E-state index in [0.29, 0.717) is 24.2 Å².